The quantitative estimate of drug-likeness (QED) is 0.749. The predicted molar refractivity (Wildman–Crippen MR) is 121 cm³/mol. The maximum Gasteiger partial charge on any atom is 0.256 e. The van der Waals surface area contributed by atoms with Crippen molar-refractivity contribution in [3.8, 4) is 0 Å². The van der Waals surface area contributed by atoms with Crippen LogP contribution in [0.1, 0.15) is 51.1 Å². The molecule has 1 aliphatic carbocycles. The van der Waals surface area contributed by atoms with E-state index in [1.54, 1.807) is 0 Å². The van der Waals surface area contributed by atoms with Crippen LogP contribution in [-0.4, -0.2) is 43.4 Å². The molecule has 0 spiro atoms. The maximum atomic E-state index is 13.1. The van der Waals surface area contributed by atoms with E-state index >= 15 is 0 Å². The van der Waals surface area contributed by atoms with Gasteiger partial charge < -0.3 is 15.5 Å². The topological polar surface area (TPSA) is 61.4 Å². The van der Waals surface area contributed by atoms with Crippen molar-refractivity contribution in [1.29, 1.82) is 0 Å². The molecule has 0 saturated carbocycles. The van der Waals surface area contributed by atoms with E-state index in [1.807, 2.05) is 35.5 Å². The highest BCUT2D eigenvalue weighted by molar-refractivity contribution is 7.14. The first-order valence-electron chi connectivity index (χ1n) is 10.1. The number of piperidine rings is 1. The predicted octanol–water partition coefficient (Wildman–Crippen LogP) is 3.98. The largest absolute Gasteiger partial charge is 0.338 e. The molecule has 2 aliphatic rings. The summed E-state index contributed by atoms with van der Waals surface area (Å²) in [6, 6.07) is 7.78. The van der Waals surface area contributed by atoms with Gasteiger partial charge >= 0.3 is 0 Å². The number of carbonyl (C=O) groups is 2. The van der Waals surface area contributed by atoms with Crippen LogP contribution in [0.5, 0.6) is 0 Å². The molecule has 1 atom stereocenters. The van der Waals surface area contributed by atoms with E-state index in [0.717, 1.165) is 51.7 Å². The van der Waals surface area contributed by atoms with Crippen LogP contribution < -0.4 is 10.6 Å². The number of hydrogen-bond donors (Lipinski definition) is 2. The van der Waals surface area contributed by atoms with Crippen molar-refractivity contribution < 1.29 is 9.59 Å². The number of nitrogens with zero attached hydrogens (tertiary/aromatic N) is 1. The summed E-state index contributed by atoms with van der Waals surface area (Å²) in [7, 11) is 1.95. The monoisotopic (exact) mass is 433 g/mol. The lowest BCUT2D eigenvalue weighted by molar-refractivity contribution is 0.0676. The highest BCUT2D eigenvalue weighted by Gasteiger charge is 2.26. The molecule has 1 aromatic carbocycles. The van der Waals surface area contributed by atoms with Gasteiger partial charge in [-0.3, -0.25) is 9.59 Å². The number of thiophene rings is 1. The Morgan fingerprint density at radius 3 is 2.83 bits per heavy atom. The van der Waals surface area contributed by atoms with Gasteiger partial charge in [0.15, 0.2) is 0 Å². The van der Waals surface area contributed by atoms with E-state index in [4.69, 9.17) is 0 Å². The molecule has 156 valence electrons. The fourth-order valence-electron chi connectivity index (χ4n) is 4.34. The van der Waals surface area contributed by atoms with Gasteiger partial charge in [-0.2, -0.15) is 0 Å². The molecule has 5 nitrogen and oxygen atoms in total. The Bertz CT molecular complexity index is 881. The minimum atomic E-state index is -0.141. The van der Waals surface area contributed by atoms with Gasteiger partial charge in [-0.25, -0.2) is 0 Å². The average Bonchev–Trinajstić information content (AvgIpc) is 3.36. The molecule has 0 bridgehead atoms. The van der Waals surface area contributed by atoms with Gasteiger partial charge in [0, 0.05) is 18.7 Å². The number of carbonyl (C=O) groups excluding carboxylic acids is 2. The standard InChI is InChI=1S/C22H27N3O2S.ClH/c1-23-13-15-4-3-10-25(14-15)22(27)19-9-11-28-21(19)24-20(26)18-8-7-16-5-2-6-17(16)12-18;/h7-9,11-12,15,23H,2-6,10,13-14H2,1H3,(H,24,26);1H. The fraction of sp³-hybridized carbons (Fsp3) is 0.455. The van der Waals surface area contributed by atoms with E-state index in [-0.39, 0.29) is 24.2 Å². The van der Waals surface area contributed by atoms with Crippen LogP contribution in [-0.2, 0) is 12.8 Å². The van der Waals surface area contributed by atoms with Crippen LogP contribution in [0.2, 0.25) is 0 Å². The third kappa shape index (κ3) is 4.82. The lowest BCUT2D eigenvalue weighted by atomic mass is 9.97. The van der Waals surface area contributed by atoms with Crippen LogP contribution >= 0.6 is 23.7 Å². The van der Waals surface area contributed by atoms with Gasteiger partial charge in [0.1, 0.15) is 5.00 Å². The number of halogens is 1. The first-order valence-corrected chi connectivity index (χ1v) is 11.0. The summed E-state index contributed by atoms with van der Waals surface area (Å²) in [5, 5.41) is 8.71. The second kappa shape index (κ2) is 9.74. The second-order valence-electron chi connectivity index (χ2n) is 7.77. The highest BCUT2D eigenvalue weighted by atomic mass is 35.5. The zero-order valence-corrected chi connectivity index (χ0v) is 18.3. The summed E-state index contributed by atoms with van der Waals surface area (Å²) in [6.07, 6.45) is 5.48. The van der Waals surface area contributed by atoms with Gasteiger partial charge in [0.25, 0.3) is 11.8 Å². The number of anilines is 1. The number of rotatable bonds is 5. The molecular weight excluding hydrogens is 406 g/mol. The van der Waals surface area contributed by atoms with Crippen molar-refractivity contribution in [3.63, 3.8) is 0 Å². The summed E-state index contributed by atoms with van der Waals surface area (Å²) >= 11 is 1.41. The molecule has 1 aromatic heterocycles. The van der Waals surface area contributed by atoms with Crippen LogP contribution in [0.25, 0.3) is 0 Å². The first kappa shape index (κ1) is 21.8. The van der Waals surface area contributed by atoms with Crippen molar-refractivity contribution in [2.75, 3.05) is 32.0 Å². The highest BCUT2D eigenvalue weighted by Crippen LogP contribution is 2.28. The summed E-state index contributed by atoms with van der Waals surface area (Å²) in [4.78, 5) is 27.8. The summed E-state index contributed by atoms with van der Waals surface area (Å²) in [5.41, 5.74) is 3.90. The number of aryl methyl sites for hydroxylation is 2. The van der Waals surface area contributed by atoms with Crippen molar-refractivity contribution in [2.24, 2.45) is 5.92 Å². The molecule has 2 heterocycles. The lowest BCUT2D eigenvalue weighted by Crippen LogP contribution is -2.42. The fourth-order valence-corrected chi connectivity index (χ4v) is 5.11. The molecule has 1 fully saturated rings. The molecular formula is C22H28ClN3O2S. The summed E-state index contributed by atoms with van der Waals surface area (Å²) in [5.74, 6) is 0.370. The van der Waals surface area contributed by atoms with Gasteiger partial charge in [-0.05, 0) is 86.3 Å². The first-order chi connectivity index (χ1) is 13.7. The van der Waals surface area contributed by atoms with Crippen LogP contribution in [0.15, 0.2) is 29.6 Å². The van der Waals surface area contributed by atoms with Crippen LogP contribution in [0.4, 0.5) is 5.00 Å². The van der Waals surface area contributed by atoms with Crippen molar-refractivity contribution in [2.45, 2.75) is 32.1 Å². The third-order valence-electron chi connectivity index (χ3n) is 5.78. The van der Waals surface area contributed by atoms with Crippen molar-refractivity contribution in [3.05, 3.63) is 51.9 Å². The summed E-state index contributed by atoms with van der Waals surface area (Å²) in [6.45, 7) is 2.48. The Balaban J connectivity index is 0.00000240. The molecule has 29 heavy (non-hydrogen) atoms. The zero-order chi connectivity index (χ0) is 19.5. The lowest BCUT2D eigenvalue weighted by Gasteiger charge is -2.32. The number of benzene rings is 1. The van der Waals surface area contributed by atoms with E-state index in [1.165, 1.54) is 22.5 Å². The Hall–Kier alpha value is -1.89. The third-order valence-corrected chi connectivity index (χ3v) is 6.61. The van der Waals surface area contributed by atoms with Crippen molar-refractivity contribution in [1.82, 2.24) is 10.2 Å². The molecule has 0 radical (unpaired) electrons. The number of likely N-dealkylation sites (tertiary alicyclic amines) is 1. The van der Waals surface area contributed by atoms with Gasteiger partial charge in [0.05, 0.1) is 5.56 Å². The average molecular weight is 434 g/mol. The Labute approximate surface area is 182 Å². The van der Waals surface area contributed by atoms with Gasteiger partial charge in [0.2, 0.25) is 0 Å². The van der Waals surface area contributed by atoms with Gasteiger partial charge in [-0.1, -0.05) is 6.07 Å². The normalized spacial score (nSPS) is 18.1. The Morgan fingerprint density at radius 2 is 2.00 bits per heavy atom. The summed E-state index contributed by atoms with van der Waals surface area (Å²) < 4.78 is 0. The Kier molecular flexibility index (Phi) is 7.33. The maximum absolute atomic E-state index is 13.1. The minimum absolute atomic E-state index is 0. The molecule has 4 rings (SSSR count). The molecule has 2 amide bonds. The van der Waals surface area contributed by atoms with E-state index in [2.05, 4.69) is 16.7 Å². The van der Waals surface area contributed by atoms with E-state index in [0.29, 0.717) is 22.0 Å². The van der Waals surface area contributed by atoms with Gasteiger partial charge in [-0.15, -0.1) is 23.7 Å². The second-order valence-corrected chi connectivity index (χ2v) is 8.69. The van der Waals surface area contributed by atoms with E-state index in [9.17, 15) is 9.59 Å². The SMILES string of the molecule is CNCC1CCCN(C(=O)c2ccsc2NC(=O)c2ccc3c(c2)CCC3)C1.Cl. The van der Waals surface area contributed by atoms with E-state index < -0.39 is 0 Å². The van der Waals surface area contributed by atoms with Crippen LogP contribution in [0, 0.1) is 5.92 Å². The zero-order valence-electron chi connectivity index (χ0n) is 16.7. The number of nitrogens with one attached hydrogen (secondary N) is 2. The smallest absolute Gasteiger partial charge is 0.256 e. The van der Waals surface area contributed by atoms with Crippen molar-refractivity contribution >= 4 is 40.6 Å². The number of hydrogen-bond acceptors (Lipinski definition) is 4. The molecule has 2 N–H and O–H groups in total. The molecule has 1 unspecified atom stereocenters. The molecule has 7 heteroatoms. The number of fused-ring (bicyclic) bond motifs is 1. The van der Waals surface area contributed by atoms with Crippen LogP contribution in [0.3, 0.4) is 0 Å². The molecule has 2 aromatic rings. The Morgan fingerprint density at radius 1 is 1.17 bits per heavy atom. The molecule has 1 aliphatic heterocycles. The molecule has 1 saturated heterocycles. The number of amides is 2. The minimum Gasteiger partial charge on any atom is -0.338 e.